The average molecular weight is 327 g/mol. The summed E-state index contributed by atoms with van der Waals surface area (Å²) in [6.07, 6.45) is 4.93. The third-order valence-corrected chi connectivity index (χ3v) is 4.82. The lowest BCUT2D eigenvalue weighted by Crippen LogP contribution is -2.39. The Morgan fingerprint density at radius 2 is 2.21 bits per heavy atom. The second-order valence-electron chi connectivity index (χ2n) is 6.69. The Hall–Kier alpha value is -2.04. The van der Waals surface area contributed by atoms with Gasteiger partial charge in [0.2, 0.25) is 0 Å². The third kappa shape index (κ3) is 3.89. The number of aliphatic imine (C=N–C) groups is 1. The zero-order chi connectivity index (χ0) is 16.9. The number of hydrogen-bond donors (Lipinski definition) is 2. The number of imidazole rings is 1. The third-order valence-electron chi connectivity index (χ3n) is 4.82. The van der Waals surface area contributed by atoms with Gasteiger partial charge in [0.1, 0.15) is 5.82 Å². The zero-order valence-corrected chi connectivity index (χ0v) is 15.0. The molecule has 3 rings (SSSR count). The maximum Gasteiger partial charge on any atom is 0.191 e. The maximum atomic E-state index is 4.62. The van der Waals surface area contributed by atoms with Crippen molar-refractivity contribution < 1.29 is 0 Å². The van der Waals surface area contributed by atoms with Crippen molar-refractivity contribution in [2.45, 2.75) is 52.1 Å². The van der Waals surface area contributed by atoms with E-state index in [2.05, 4.69) is 57.2 Å². The first-order valence-corrected chi connectivity index (χ1v) is 9.12. The van der Waals surface area contributed by atoms with Gasteiger partial charge in [-0.3, -0.25) is 4.99 Å². The molecule has 1 fully saturated rings. The highest BCUT2D eigenvalue weighted by atomic mass is 15.2. The van der Waals surface area contributed by atoms with Crippen molar-refractivity contribution in [2.24, 2.45) is 10.9 Å². The van der Waals surface area contributed by atoms with E-state index >= 15 is 0 Å². The first kappa shape index (κ1) is 16.8. The van der Waals surface area contributed by atoms with E-state index in [1.807, 2.05) is 13.1 Å². The van der Waals surface area contributed by atoms with Crippen LogP contribution in [0.5, 0.6) is 0 Å². The molecule has 5 heteroatoms. The fourth-order valence-corrected chi connectivity index (χ4v) is 3.41. The fraction of sp³-hybridized carbons (Fsp3) is 0.579. The number of para-hydroxylation sites is 2. The van der Waals surface area contributed by atoms with E-state index in [1.54, 1.807) is 0 Å². The van der Waals surface area contributed by atoms with Crippen molar-refractivity contribution in [2.75, 3.05) is 13.6 Å². The van der Waals surface area contributed by atoms with Crippen LogP contribution in [0.15, 0.2) is 29.3 Å². The SMILES string of the molecule is CCCC1CC1NC(=NC)NCCCn1c(C)nc2ccccc21. The van der Waals surface area contributed by atoms with Crippen molar-refractivity contribution >= 4 is 17.0 Å². The van der Waals surface area contributed by atoms with E-state index in [0.717, 1.165) is 42.7 Å². The Bertz CT molecular complexity index is 703. The van der Waals surface area contributed by atoms with Gasteiger partial charge in [-0.15, -0.1) is 0 Å². The number of rotatable bonds is 7. The monoisotopic (exact) mass is 327 g/mol. The lowest BCUT2D eigenvalue weighted by molar-refractivity contribution is 0.617. The molecule has 2 N–H and O–H groups in total. The van der Waals surface area contributed by atoms with Crippen LogP contribution in [0, 0.1) is 12.8 Å². The Balaban J connectivity index is 1.45. The summed E-state index contributed by atoms with van der Waals surface area (Å²) < 4.78 is 2.30. The summed E-state index contributed by atoms with van der Waals surface area (Å²) in [6, 6.07) is 8.96. The van der Waals surface area contributed by atoms with E-state index in [9.17, 15) is 0 Å². The summed E-state index contributed by atoms with van der Waals surface area (Å²) in [5.41, 5.74) is 2.30. The standard InChI is InChI=1S/C19H29N5/c1-4-8-15-13-17(15)23-19(20-3)21-11-7-12-24-14(2)22-16-9-5-6-10-18(16)24/h5-6,9-10,15,17H,4,7-8,11-13H2,1-3H3,(H2,20,21,23). The van der Waals surface area contributed by atoms with Gasteiger partial charge in [-0.05, 0) is 44.2 Å². The zero-order valence-electron chi connectivity index (χ0n) is 15.0. The van der Waals surface area contributed by atoms with Crippen LogP contribution in [0.3, 0.4) is 0 Å². The van der Waals surface area contributed by atoms with Crippen LogP contribution < -0.4 is 10.6 Å². The molecular formula is C19H29N5. The van der Waals surface area contributed by atoms with Gasteiger partial charge in [-0.1, -0.05) is 25.5 Å². The van der Waals surface area contributed by atoms with E-state index in [4.69, 9.17) is 0 Å². The number of nitrogens with one attached hydrogen (secondary N) is 2. The Morgan fingerprint density at radius 1 is 1.38 bits per heavy atom. The molecule has 1 aromatic carbocycles. The molecule has 1 aromatic heterocycles. The molecule has 2 unspecified atom stereocenters. The Kier molecular flexibility index (Phi) is 5.38. The van der Waals surface area contributed by atoms with Gasteiger partial charge < -0.3 is 15.2 Å². The molecule has 1 heterocycles. The average Bonchev–Trinajstić information content (AvgIpc) is 3.23. The van der Waals surface area contributed by atoms with Crippen molar-refractivity contribution in [3.05, 3.63) is 30.1 Å². The first-order valence-electron chi connectivity index (χ1n) is 9.12. The predicted octanol–water partition coefficient (Wildman–Crippen LogP) is 3.09. The van der Waals surface area contributed by atoms with Crippen molar-refractivity contribution in [3.8, 4) is 0 Å². The number of aryl methyl sites for hydroxylation is 2. The minimum absolute atomic E-state index is 0.621. The summed E-state index contributed by atoms with van der Waals surface area (Å²) in [7, 11) is 1.85. The summed E-state index contributed by atoms with van der Waals surface area (Å²) in [5, 5.41) is 6.97. The molecule has 0 aliphatic heterocycles. The summed E-state index contributed by atoms with van der Waals surface area (Å²) in [5.74, 6) is 2.86. The summed E-state index contributed by atoms with van der Waals surface area (Å²) in [4.78, 5) is 8.96. The van der Waals surface area contributed by atoms with Crippen molar-refractivity contribution in [1.29, 1.82) is 0 Å². The number of nitrogens with zero attached hydrogens (tertiary/aromatic N) is 3. The van der Waals surface area contributed by atoms with E-state index in [-0.39, 0.29) is 0 Å². The molecule has 5 nitrogen and oxygen atoms in total. The van der Waals surface area contributed by atoms with Crippen LogP contribution in [-0.2, 0) is 6.54 Å². The molecule has 130 valence electrons. The summed E-state index contributed by atoms with van der Waals surface area (Å²) >= 11 is 0. The van der Waals surface area contributed by atoms with Gasteiger partial charge in [0, 0.05) is 26.2 Å². The second-order valence-corrected chi connectivity index (χ2v) is 6.69. The molecule has 24 heavy (non-hydrogen) atoms. The highest BCUT2D eigenvalue weighted by molar-refractivity contribution is 5.80. The maximum absolute atomic E-state index is 4.62. The largest absolute Gasteiger partial charge is 0.356 e. The van der Waals surface area contributed by atoms with Crippen LogP contribution in [0.2, 0.25) is 0 Å². The molecule has 0 bridgehead atoms. The Morgan fingerprint density at radius 3 is 3.00 bits per heavy atom. The molecule has 1 aliphatic carbocycles. The van der Waals surface area contributed by atoms with Gasteiger partial charge >= 0.3 is 0 Å². The van der Waals surface area contributed by atoms with Gasteiger partial charge in [0.05, 0.1) is 11.0 Å². The number of guanidine groups is 1. The summed E-state index contributed by atoms with van der Waals surface area (Å²) in [6.45, 7) is 6.22. The minimum Gasteiger partial charge on any atom is -0.356 e. The lowest BCUT2D eigenvalue weighted by Gasteiger charge is -2.12. The quantitative estimate of drug-likeness (QED) is 0.467. The second kappa shape index (κ2) is 7.69. The van der Waals surface area contributed by atoms with Crippen molar-refractivity contribution in [1.82, 2.24) is 20.2 Å². The van der Waals surface area contributed by atoms with Crippen LogP contribution in [-0.4, -0.2) is 35.1 Å². The molecule has 0 radical (unpaired) electrons. The Labute approximate surface area is 144 Å². The number of benzene rings is 1. The van der Waals surface area contributed by atoms with Gasteiger partial charge in [0.15, 0.2) is 5.96 Å². The predicted molar refractivity (Wildman–Crippen MR) is 100 cm³/mol. The normalized spacial score (nSPS) is 20.4. The van der Waals surface area contributed by atoms with E-state index < -0.39 is 0 Å². The van der Waals surface area contributed by atoms with Crippen LogP contribution >= 0.6 is 0 Å². The number of aromatic nitrogens is 2. The molecule has 2 aromatic rings. The van der Waals surface area contributed by atoms with Gasteiger partial charge in [-0.2, -0.15) is 0 Å². The molecule has 1 aliphatic rings. The van der Waals surface area contributed by atoms with Gasteiger partial charge in [-0.25, -0.2) is 4.98 Å². The molecule has 0 saturated heterocycles. The van der Waals surface area contributed by atoms with Crippen molar-refractivity contribution in [3.63, 3.8) is 0 Å². The van der Waals surface area contributed by atoms with Crippen LogP contribution in [0.1, 0.15) is 38.4 Å². The van der Waals surface area contributed by atoms with Crippen LogP contribution in [0.4, 0.5) is 0 Å². The highest BCUT2D eigenvalue weighted by Crippen LogP contribution is 2.34. The highest BCUT2D eigenvalue weighted by Gasteiger charge is 2.36. The number of hydrogen-bond acceptors (Lipinski definition) is 2. The molecule has 0 spiro atoms. The molecule has 1 saturated carbocycles. The number of fused-ring (bicyclic) bond motifs is 1. The minimum atomic E-state index is 0.621. The molecule has 2 atom stereocenters. The molecular weight excluding hydrogens is 298 g/mol. The first-order chi connectivity index (χ1) is 11.7. The fourth-order valence-electron chi connectivity index (χ4n) is 3.41. The lowest BCUT2D eigenvalue weighted by atomic mass is 10.2. The topological polar surface area (TPSA) is 54.2 Å². The molecule has 0 amide bonds. The van der Waals surface area contributed by atoms with Crippen LogP contribution in [0.25, 0.3) is 11.0 Å². The van der Waals surface area contributed by atoms with Gasteiger partial charge in [0.25, 0.3) is 0 Å². The van der Waals surface area contributed by atoms with E-state index in [0.29, 0.717) is 6.04 Å². The smallest absolute Gasteiger partial charge is 0.191 e. The van der Waals surface area contributed by atoms with E-state index in [1.165, 1.54) is 24.8 Å².